The van der Waals surface area contributed by atoms with Crippen LogP contribution in [0, 0.1) is 0 Å². The van der Waals surface area contributed by atoms with Gasteiger partial charge in [0.15, 0.2) is 0 Å². The summed E-state index contributed by atoms with van der Waals surface area (Å²) >= 11 is 0. The first-order valence-corrected chi connectivity index (χ1v) is 13.7. The van der Waals surface area contributed by atoms with Gasteiger partial charge in [-0.05, 0) is 61.6 Å². The van der Waals surface area contributed by atoms with Crippen molar-refractivity contribution in [3.8, 4) is 0 Å². The largest absolute Gasteiger partial charge is 0.346 e. The number of carbonyl (C=O) groups is 3. The number of anilines is 1. The van der Waals surface area contributed by atoms with Crippen LogP contribution in [-0.4, -0.2) is 63.2 Å². The zero-order chi connectivity index (χ0) is 28.7. The van der Waals surface area contributed by atoms with Gasteiger partial charge in [0.25, 0.3) is 18.2 Å². The average molecular weight is 561 g/mol. The summed E-state index contributed by atoms with van der Waals surface area (Å²) in [5.41, 5.74) is 3.23. The Morgan fingerprint density at radius 1 is 1.00 bits per heavy atom. The van der Waals surface area contributed by atoms with Crippen LogP contribution in [0.25, 0.3) is 11.2 Å². The van der Waals surface area contributed by atoms with Gasteiger partial charge >= 0.3 is 6.03 Å². The normalized spacial score (nSPS) is 18.3. The minimum Gasteiger partial charge on any atom is -0.346 e. The van der Waals surface area contributed by atoms with Gasteiger partial charge in [-0.2, -0.15) is 0 Å². The number of benzene rings is 1. The molecular formula is C30H30F2N6O3. The third-order valence-corrected chi connectivity index (χ3v) is 7.88. The number of imide groups is 1. The third-order valence-electron chi connectivity index (χ3n) is 7.88. The van der Waals surface area contributed by atoms with Crippen LogP contribution in [0.4, 0.5) is 19.3 Å². The molecule has 0 radical (unpaired) electrons. The summed E-state index contributed by atoms with van der Waals surface area (Å²) in [5.74, 6) is -1.03. The minimum absolute atomic E-state index is 0.0981. The summed E-state index contributed by atoms with van der Waals surface area (Å²) in [5, 5.41) is 2.40. The first-order chi connectivity index (χ1) is 19.8. The zero-order valence-corrected chi connectivity index (χ0v) is 22.6. The molecule has 212 valence electrons. The number of piperidine rings is 1. The van der Waals surface area contributed by atoms with Gasteiger partial charge in [0.05, 0.1) is 23.0 Å². The number of nitrogens with one attached hydrogen (secondary N) is 1. The predicted molar refractivity (Wildman–Crippen MR) is 149 cm³/mol. The Hall–Kier alpha value is -4.54. The SMILES string of the molecule is C/C(=C\N1CCN(C(=O)N2CCCCC2)Cc2cc(C(F)F)ccc21)C1=C(c2cnc3ccccn23)C(=O)NC1=O. The van der Waals surface area contributed by atoms with Crippen molar-refractivity contribution in [1.29, 1.82) is 0 Å². The molecule has 0 saturated carbocycles. The van der Waals surface area contributed by atoms with Crippen LogP contribution in [0.5, 0.6) is 0 Å². The maximum atomic E-state index is 13.7. The molecule has 4 amide bonds. The van der Waals surface area contributed by atoms with E-state index in [9.17, 15) is 23.2 Å². The highest BCUT2D eigenvalue weighted by molar-refractivity contribution is 6.37. The number of nitrogens with zero attached hydrogens (tertiary/aromatic N) is 5. The van der Waals surface area contributed by atoms with E-state index in [0.717, 1.165) is 19.3 Å². The fourth-order valence-corrected chi connectivity index (χ4v) is 5.86. The van der Waals surface area contributed by atoms with Crippen molar-refractivity contribution < 1.29 is 23.2 Å². The number of halogens is 2. The van der Waals surface area contributed by atoms with Crippen LogP contribution >= 0.6 is 0 Å². The monoisotopic (exact) mass is 560 g/mol. The Balaban J connectivity index is 1.39. The molecule has 0 bridgehead atoms. The van der Waals surface area contributed by atoms with E-state index in [2.05, 4.69) is 10.3 Å². The lowest BCUT2D eigenvalue weighted by Crippen LogP contribution is -2.46. The Morgan fingerprint density at radius 3 is 2.59 bits per heavy atom. The Morgan fingerprint density at radius 2 is 1.80 bits per heavy atom. The molecule has 2 aromatic heterocycles. The molecule has 0 aliphatic carbocycles. The molecular weight excluding hydrogens is 530 g/mol. The van der Waals surface area contributed by atoms with Crippen molar-refractivity contribution in [1.82, 2.24) is 24.5 Å². The quantitative estimate of drug-likeness (QED) is 0.475. The van der Waals surface area contributed by atoms with E-state index in [1.165, 1.54) is 12.1 Å². The van der Waals surface area contributed by atoms with Crippen molar-refractivity contribution in [3.05, 3.63) is 83.0 Å². The molecule has 3 aliphatic heterocycles. The van der Waals surface area contributed by atoms with E-state index >= 15 is 0 Å². The van der Waals surface area contributed by atoms with E-state index < -0.39 is 18.2 Å². The van der Waals surface area contributed by atoms with E-state index in [0.29, 0.717) is 54.3 Å². The number of aromatic nitrogens is 2. The van der Waals surface area contributed by atoms with Gasteiger partial charge in [-0.1, -0.05) is 12.1 Å². The Kier molecular flexibility index (Phi) is 7.02. The molecule has 1 fully saturated rings. The first-order valence-electron chi connectivity index (χ1n) is 13.7. The number of hydrogen-bond donors (Lipinski definition) is 1. The summed E-state index contributed by atoms with van der Waals surface area (Å²) < 4.78 is 29.1. The molecule has 9 nitrogen and oxygen atoms in total. The summed E-state index contributed by atoms with van der Waals surface area (Å²) in [6, 6.07) is 9.83. The number of likely N-dealkylation sites (tertiary alicyclic amines) is 1. The summed E-state index contributed by atoms with van der Waals surface area (Å²) in [7, 11) is 0. The maximum Gasteiger partial charge on any atom is 0.320 e. The van der Waals surface area contributed by atoms with Gasteiger partial charge in [-0.15, -0.1) is 0 Å². The number of pyridine rings is 1. The van der Waals surface area contributed by atoms with Crippen molar-refractivity contribution in [2.75, 3.05) is 31.1 Å². The molecule has 1 saturated heterocycles. The molecule has 5 heterocycles. The number of alkyl halides is 2. The smallest absolute Gasteiger partial charge is 0.320 e. The lowest BCUT2D eigenvalue weighted by molar-refractivity contribution is -0.123. The third kappa shape index (κ3) is 4.96. The topological polar surface area (TPSA) is 90.3 Å². The van der Waals surface area contributed by atoms with Crippen LogP contribution < -0.4 is 10.2 Å². The molecule has 0 unspecified atom stereocenters. The Bertz CT molecular complexity index is 1600. The molecule has 11 heteroatoms. The molecule has 1 N–H and O–H groups in total. The fourth-order valence-electron chi connectivity index (χ4n) is 5.86. The Labute approximate surface area is 235 Å². The standard InChI is InChI=1S/C30H30F2N6O3/c1-19(25-26(29(40)34-28(25)39)23-16-33-24-7-3-6-12-38(23)24)17-36-13-14-37(30(41)35-10-4-2-5-11-35)18-21-15-20(27(31)32)8-9-22(21)36/h3,6-9,12,15-17,27H,2,4-5,10-11,13-14,18H2,1H3,(H,34,39,40)/b19-17+. The van der Waals surface area contributed by atoms with Crippen LogP contribution in [0.15, 0.2) is 66.1 Å². The van der Waals surface area contributed by atoms with Crippen LogP contribution in [0.1, 0.15) is 49.4 Å². The highest BCUT2D eigenvalue weighted by Crippen LogP contribution is 2.34. The number of hydrogen-bond acceptors (Lipinski definition) is 5. The number of urea groups is 1. The van der Waals surface area contributed by atoms with Gasteiger partial charge in [0.2, 0.25) is 0 Å². The van der Waals surface area contributed by atoms with E-state index in [1.807, 2.05) is 21.9 Å². The summed E-state index contributed by atoms with van der Waals surface area (Å²) in [6.07, 6.45) is 5.43. The van der Waals surface area contributed by atoms with E-state index in [4.69, 9.17) is 0 Å². The van der Waals surface area contributed by atoms with Gasteiger partial charge in [0, 0.05) is 56.4 Å². The van der Waals surface area contributed by atoms with Gasteiger partial charge in [-0.3, -0.25) is 19.3 Å². The minimum atomic E-state index is -2.65. The number of imidazole rings is 1. The van der Waals surface area contributed by atoms with Crippen molar-refractivity contribution in [3.63, 3.8) is 0 Å². The molecule has 41 heavy (non-hydrogen) atoms. The van der Waals surface area contributed by atoms with Crippen LogP contribution in [-0.2, 0) is 16.1 Å². The fraction of sp³-hybridized carbons (Fsp3) is 0.333. The molecule has 3 aliphatic rings. The molecule has 3 aromatic rings. The highest BCUT2D eigenvalue weighted by atomic mass is 19.3. The number of amides is 4. The molecule has 0 spiro atoms. The predicted octanol–water partition coefficient (Wildman–Crippen LogP) is 4.51. The maximum absolute atomic E-state index is 13.7. The summed E-state index contributed by atoms with van der Waals surface area (Å²) in [4.78, 5) is 49.2. The number of fused-ring (bicyclic) bond motifs is 2. The molecule has 6 rings (SSSR count). The van der Waals surface area contributed by atoms with Gasteiger partial charge in [-0.25, -0.2) is 18.6 Å². The zero-order valence-electron chi connectivity index (χ0n) is 22.6. The second-order valence-corrected chi connectivity index (χ2v) is 10.6. The van der Waals surface area contributed by atoms with Crippen LogP contribution in [0.2, 0.25) is 0 Å². The van der Waals surface area contributed by atoms with Gasteiger partial charge in [0.1, 0.15) is 5.65 Å². The lowest BCUT2D eigenvalue weighted by atomic mass is 10.0. The summed E-state index contributed by atoms with van der Waals surface area (Å²) in [6.45, 7) is 4.05. The average Bonchev–Trinajstić information content (AvgIpc) is 3.47. The van der Waals surface area contributed by atoms with Crippen molar-refractivity contribution in [2.24, 2.45) is 0 Å². The number of rotatable bonds is 4. The van der Waals surface area contributed by atoms with Crippen molar-refractivity contribution >= 4 is 34.8 Å². The first kappa shape index (κ1) is 26.7. The highest BCUT2D eigenvalue weighted by Gasteiger charge is 2.34. The van der Waals surface area contributed by atoms with Gasteiger partial charge < -0.3 is 14.7 Å². The van der Waals surface area contributed by atoms with Crippen LogP contribution in [0.3, 0.4) is 0 Å². The van der Waals surface area contributed by atoms with Crippen molar-refractivity contribution in [2.45, 2.75) is 39.2 Å². The lowest BCUT2D eigenvalue weighted by Gasteiger charge is -2.32. The second kappa shape index (κ2) is 10.8. The van der Waals surface area contributed by atoms with E-state index in [1.54, 1.807) is 47.0 Å². The number of carbonyl (C=O) groups excluding carboxylic acids is 3. The molecule has 0 atom stereocenters. The van der Waals surface area contributed by atoms with E-state index in [-0.39, 0.29) is 29.3 Å². The molecule has 1 aromatic carbocycles. The second-order valence-electron chi connectivity index (χ2n) is 10.6.